The number of nitrogens with one attached hydrogen (secondary N) is 2. The number of hydrogen-bond acceptors (Lipinski definition) is 4. The van der Waals surface area contributed by atoms with Crippen molar-refractivity contribution in [2.75, 3.05) is 5.32 Å². The molecule has 7 heteroatoms. The monoisotopic (exact) mass is 420 g/mol. The van der Waals surface area contributed by atoms with Gasteiger partial charge in [-0.15, -0.1) is 0 Å². The zero-order valence-electron chi connectivity index (χ0n) is 17.9. The molecule has 0 saturated heterocycles. The Hall–Kier alpha value is -3.45. The minimum Gasteiger partial charge on any atom is -0.374 e. The summed E-state index contributed by atoms with van der Waals surface area (Å²) >= 11 is 0. The number of aryl methyl sites for hydroxylation is 1. The average Bonchev–Trinajstić information content (AvgIpc) is 3.29. The lowest BCUT2D eigenvalue weighted by Gasteiger charge is -2.13. The van der Waals surface area contributed by atoms with Crippen molar-refractivity contribution in [3.05, 3.63) is 83.9 Å². The number of rotatable bonds is 10. The minimum atomic E-state index is -0.200. The number of benzene rings is 2. The number of carbonyl (C=O) groups is 2. The van der Waals surface area contributed by atoms with E-state index < -0.39 is 0 Å². The zero-order chi connectivity index (χ0) is 22.1. The van der Waals surface area contributed by atoms with Crippen molar-refractivity contribution >= 4 is 17.5 Å². The molecule has 162 valence electrons. The molecule has 1 heterocycles. The highest BCUT2D eigenvalue weighted by atomic mass is 16.5. The van der Waals surface area contributed by atoms with E-state index in [1.807, 2.05) is 48.9 Å². The van der Waals surface area contributed by atoms with Gasteiger partial charge in [-0.25, -0.2) is 4.98 Å². The molecule has 0 bridgehead atoms. The number of carbonyl (C=O) groups excluding carboxylic acids is 2. The molecule has 2 N–H and O–H groups in total. The molecule has 0 fully saturated rings. The highest BCUT2D eigenvalue weighted by molar-refractivity contribution is 5.97. The fourth-order valence-electron chi connectivity index (χ4n) is 3.02. The van der Waals surface area contributed by atoms with Crippen LogP contribution in [0.1, 0.15) is 41.8 Å². The van der Waals surface area contributed by atoms with Crippen molar-refractivity contribution in [1.29, 1.82) is 0 Å². The number of imidazole rings is 1. The van der Waals surface area contributed by atoms with Crippen molar-refractivity contribution in [2.24, 2.45) is 0 Å². The van der Waals surface area contributed by atoms with E-state index in [2.05, 4.69) is 15.6 Å². The summed E-state index contributed by atoms with van der Waals surface area (Å²) in [5.74, 6) is -0.320. The van der Waals surface area contributed by atoms with Gasteiger partial charge in [0.1, 0.15) is 0 Å². The SMILES string of the molecule is CC(C)OCc1ccccc1CNC(=O)c1cccc(NC(=O)CCn2ccnc2)c1. The van der Waals surface area contributed by atoms with E-state index in [9.17, 15) is 9.59 Å². The first-order valence-corrected chi connectivity index (χ1v) is 10.3. The van der Waals surface area contributed by atoms with Gasteiger partial charge in [0.05, 0.1) is 19.0 Å². The van der Waals surface area contributed by atoms with Gasteiger partial charge in [-0.05, 0) is 43.2 Å². The lowest BCUT2D eigenvalue weighted by atomic mass is 10.1. The zero-order valence-corrected chi connectivity index (χ0v) is 17.9. The molecule has 0 atom stereocenters. The number of nitrogens with zero attached hydrogens (tertiary/aromatic N) is 2. The second-order valence-electron chi connectivity index (χ2n) is 7.49. The molecule has 2 aromatic carbocycles. The van der Waals surface area contributed by atoms with Crippen LogP contribution >= 0.6 is 0 Å². The Morgan fingerprint density at radius 2 is 1.90 bits per heavy atom. The summed E-state index contributed by atoms with van der Waals surface area (Å²) in [4.78, 5) is 28.8. The van der Waals surface area contributed by atoms with Crippen LogP contribution in [0.2, 0.25) is 0 Å². The standard InChI is InChI=1S/C24H28N4O3/c1-18(2)31-16-21-7-4-3-6-20(21)15-26-24(30)19-8-5-9-22(14-19)27-23(29)10-12-28-13-11-25-17-28/h3-9,11,13-14,17-18H,10,12,15-16H2,1-2H3,(H,26,30)(H,27,29). The third-order valence-corrected chi connectivity index (χ3v) is 4.69. The predicted molar refractivity (Wildman–Crippen MR) is 119 cm³/mol. The van der Waals surface area contributed by atoms with E-state index in [1.54, 1.807) is 36.8 Å². The summed E-state index contributed by atoms with van der Waals surface area (Å²) in [5, 5.41) is 5.79. The van der Waals surface area contributed by atoms with Crippen LogP contribution in [0.5, 0.6) is 0 Å². The van der Waals surface area contributed by atoms with E-state index >= 15 is 0 Å². The van der Waals surface area contributed by atoms with E-state index in [0.717, 1.165) is 11.1 Å². The average molecular weight is 421 g/mol. The number of amides is 2. The third kappa shape index (κ3) is 7.08. The summed E-state index contributed by atoms with van der Waals surface area (Å²) in [6, 6.07) is 14.8. The molecule has 31 heavy (non-hydrogen) atoms. The normalized spacial score (nSPS) is 10.8. The van der Waals surface area contributed by atoms with Crippen LogP contribution in [-0.4, -0.2) is 27.5 Å². The predicted octanol–water partition coefficient (Wildman–Crippen LogP) is 3.77. The van der Waals surface area contributed by atoms with Gasteiger partial charge in [0.2, 0.25) is 5.91 Å². The van der Waals surface area contributed by atoms with E-state index in [-0.39, 0.29) is 17.9 Å². The topological polar surface area (TPSA) is 85.3 Å². The summed E-state index contributed by atoms with van der Waals surface area (Å²) in [7, 11) is 0. The summed E-state index contributed by atoms with van der Waals surface area (Å²) in [6.45, 7) is 5.44. The maximum atomic E-state index is 12.6. The Balaban J connectivity index is 1.55. The lowest BCUT2D eigenvalue weighted by Crippen LogP contribution is -2.24. The van der Waals surface area contributed by atoms with Crippen LogP contribution in [0.25, 0.3) is 0 Å². The van der Waals surface area contributed by atoms with Gasteiger partial charge in [0, 0.05) is 43.2 Å². The van der Waals surface area contributed by atoms with Gasteiger partial charge in [0.15, 0.2) is 0 Å². The molecule has 2 amide bonds. The van der Waals surface area contributed by atoms with Crippen molar-refractivity contribution in [2.45, 2.75) is 46.1 Å². The molecule has 0 aliphatic heterocycles. The molecule has 0 spiro atoms. The van der Waals surface area contributed by atoms with Crippen molar-refractivity contribution in [3.8, 4) is 0 Å². The molecule has 0 radical (unpaired) electrons. The number of aromatic nitrogens is 2. The van der Waals surface area contributed by atoms with Gasteiger partial charge >= 0.3 is 0 Å². The Morgan fingerprint density at radius 1 is 1.10 bits per heavy atom. The van der Waals surface area contributed by atoms with E-state index in [0.29, 0.717) is 37.4 Å². The second-order valence-corrected chi connectivity index (χ2v) is 7.49. The van der Waals surface area contributed by atoms with E-state index in [1.165, 1.54) is 0 Å². The maximum absolute atomic E-state index is 12.6. The first kappa shape index (κ1) is 22.2. The van der Waals surface area contributed by atoms with Crippen molar-refractivity contribution in [1.82, 2.24) is 14.9 Å². The molecule has 7 nitrogen and oxygen atoms in total. The summed E-state index contributed by atoms with van der Waals surface area (Å²) < 4.78 is 7.54. The Labute approximate surface area is 182 Å². The number of anilines is 1. The highest BCUT2D eigenvalue weighted by Gasteiger charge is 2.10. The number of ether oxygens (including phenoxy) is 1. The molecule has 1 aromatic heterocycles. The van der Waals surface area contributed by atoms with Crippen LogP contribution in [-0.2, 0) is 29.2 Å². The van der Waals surface area contributed by atoms with Gasteiger partial charge in [-0.1, -0.05) is 30.3 Å². The summed E-state index contributed by atoms with van der Waals surface area (Å²) in [6.07, 6.45) is 5.62. The largest absolute Gasteiger partial charge is 0.374 e. The third-order valence-electron chi connectivity index (χ3n) is 4.69. The van der Waals surface area contributed by atoms with Crippen molar-refractivity contribution < 1.29 is 14.3 Å². The maximum Gasteiger partial charge on any atom is 0.251 e. The molecular formula is C24H28N4O3. The molecular weight excluding hydrogens is 392 g/mol. The Kier molecular flexibility index (Phi) is 7.95. The van der Waals surface area contributed by atoms with Crippen LogP contribution in [0, 0.1) is 0 Å². The minimum absolute atomic E-state index is 0.120. The first-order valence-electron chi connectivity index (χ1n) is 10.3. The van der Waals surface area contributed by atoms with Crippen LogP contribution in [0.3, 0.4) is 0 Å². The molecule has 3 rings (SSSR count). The molecule has 0 aliphatic rings. The Morgan fingerprint density at radius 3 is 2.65 bits per heavy atom. The lowest BCUT2D eigenvalue weighted by molar-refractivity contribution is -0.116. The first-order chi connectivity index (χ1) is 15.0. The molecule has 3 aromatic rings. The summed E-state index contributed by atoms with van der Waals surface area (Å²) in [5.41, 5.74) is 3.15. The second kappa shape index (κ2) is 11.1. The molecule has 0 unspecified atom stereocenters. The van der Waals surface area contributed by atoms with Gasteiger partial charge in [-0.3, -0.25) is 9.59 Å². The van der Waals surface area contributed by atoms with E-state index in [4.69, 9.17) is 4.74 Å². The fraction of sp³-hybridized carbons (Fsp3) is 0.292. The quantitative estimate of drug-likeness (QED) is 0.523. The van der Waals surface area contributed by atoms with Gasteiger partial charge < -0.3 is 19.9 Å². The van der Waals surface area contributed by atoms with Gasteiger partial charge in [0.25, 0.3) is 5.91 Å². The molecule has 0 saturated carbocycles. The smallest absolute Gasteiger partial charge is 0.251 e. The molecule has 0 aliphatic carbocycles. The Bertz CT molecular complexity index is 1000. The number of hydrogen-bond donors (Lipinski definition) is 2. The van der Waals surface area contributed by atoms with Crippen LogP contribution in [0.15, 0.2) is 67.3 Å². The van der Waals surface area contributed by atoms with Crippen LogP contribution in [0.4, 0.5) is 5.69 Å². The fourth-order valence-corrected chi connectivity index (χ4v) is 3.02. The highest BCUT2D eigenvalue weighted by Crippen LogP contribution is 2.14. The van der Waals surface area contributed by atoms with Gasteiger partial charge in [-0.2, -0.15) is 0 Å². The van der Waals surface area contributed by atoms with Crippen molar-refractivity contribution in [3.63, 3.8) is 0 Å². The van der Waals surface area contributed by atoms with Crippen LogP contribution < -0.4 is 10.6 Å².